The molecule has 0 bridgehead atoms. The number of pyridine rings is 1. The van der Waals surface area contributed by atoms with Crippen molar-refractivity contribution < 1.29 is 23.0 Å². The van der Waals surface area contributed by atoms with Crippen molar-refractivity contribution in [3.63, 3.8) is 0 Å². The smallest absolute Gasteiger partial charge is 0.404 e. The van der Waals surface area contributed by atoms with E-state index in [0.717, 1.165) is 0 Å². The van der Waals surface area contributed by atoms with Crippen LogP contribution in [0.4, 0.5) is 19.0 Å². The van der Waals surface area contributed by atoms with Crippen LogP contribution in [-0.2, 0) is 6.61 Å². The predicted octanol–water partition coefficient (Wildman–Crippen LogP) is 0.926. The summed E-state index contributed by atoms with van der Waals surface area (Å²) in [6, 6.07) is 1.55. The molecular formula is C8H6F3N3O2. The molecule has 0 radical (unpaired) electrons. The van der Waals surface area contributed by atoms with Gasteiger partial charge in [-0.2, -0.15) is 5.26 Å². The predicted molar refractivity (Wildman–Crippen MR) is 46.0 cm³/mol. The number of aromatic nitrogens is 1. The lowest BCUT2D eigenvalue weighted by molar-refractivity contribution is -0.275. The molecule has 1 heterocycles. The Labute approximate surface area is 87.9 Å². The molecular weight excluding hydrogens is 227 g/mol. The summed E-state index contributed by atoms with van der Waals surface area (Å²) in [6.45, 7) is -0.805. The maximum absolute atomic E-state index is 11.9. The second-order valence-corrected chi connectivity index (χ2v) is 2.68. The Bertz CT molecular complexity index is 439. The van der Waals surface area contributed by atoms with E-state index in [9.17, 15) is 13.2 Å². The van der Waals surface area contributed by atoms with Crippen LogP contribution in [0.25, 0.3) is 0 Å². The topological polar surface area (TPSA) is 92.2 Å². The molecule has 0 aromatic carbocycles. The fourth-order valence-corrected chi connectivity index (χ4v) is 1.04. The number of hydrogen-bond acceptors (Lipinski definition) is 5. The van der Waals surface area contributed by atoms with Gasteiger partial charge >= 0.3 is 6.36 Å². The average Bonchev–Trinajstić information content (AvgIpc) is 2.18. The maximum Gasteiger partial charge on any atom is 0.573 e. The number of aliphatic hydroxyl groups is 1. The summed E-state index contributed by atoms with van der Waals surface area (Å²) >= 11 is 0. The third-order valence-corrected chi connectivity index (χ3v) is 1.67. The Morgan fingerprint density at radius 2 is 2.19 bits per heavy atom. The lowest BCUT2D eigenvalue weighted by Crippen LogP contribution is -2.19. The molecule has 1 aromatic heterocycles. The van der Waals surface area contributed by atoms with Crippen LogP contribution in [0.3, 0.4) is 0 Å². The largest absolute Gasteiger partial charge is 0.573 e. The van der Waals surface area contributed by atoms with Gasteiger partial charge in [0.1, 0.15) is 17.5 Å². The van der Waals surface area contributed by atoms with E-state index >= 15 is 0 Å². The third kappa shape index (κ3) is 2.52. The minimum Gasteiger partial charge on any atom is -0.404 e. The van der Waals surface area contributed by atoms with Gasteiger partial charge in [-0.15, -0.1) is 13.2 Å². The Kier molecular flexibility index (Phi) is 3.20. The van der Waals surface area contributed by atoms with Crippen molar-refractivity contribution in [2.45, 2.75) is 13.0 Å². The molecule has 16 heavy (non-hydrogen) atoms. The van der Waals surface area contributed by atoms with Gasteiger partial charge in [-0.25, -0.2) is 4.98 Å². The molecule has 0 saturated heterocycles. The molecule has 0 atom stereocenters. The van der Waals surface area contributed by atoms with E-state index in [1.54, 1.807) is 6.07 Å². The Hall–Kier alpha value is -2.01. The normalized spacial score (nSPS) is 10.9. The molecule has 0 amide bonds. The van der Waals surface area contributed by atoms with Crippen LogP contribution in [0.5, 0.6) is 5.75 Å². The first-order chi connectivity index (χ1) is 7.39. The first-order valence-corrected chi connectivity index (χ1v) is 3.93. The zero-order chi connectivity index (χ0) is 12.3. The minimum atomic E-state index is -4.92. The third-order valence-electron chi connectivity index (χ3n) is 1.67. The van der Waals surface area contributed by atoms with E-state index in [0.29, 0.717) is 6.20 Å². The van der Waals surface area contributed by atoms with E-state index in [-0.39, 0.29) is 16.9 Å². The van der Waals surface area contributed by atoms with E-state index in [4.69, 9.17) is 16.1 Å². The number of nitrogens with two attached hydrogens (primary N) is 1. The van der Waals surface area contributed by atoms with Crippen molar-refractivity contribution in [1.82, 2.24) is 4.98 Å². The van der Waals surface area contributed by atoms with Gasteiger partial charge in [0.25, 0.3) is 0 Å². The SMILES string of the molecule is N#Cc1c(N)ncc(OC(F)(F)F)c1CO. The summed E-state index contributed by atoms with van der Waals surface area (Å²) in [5.74, 6) is -0.998. The van der Waals surface area contributed by atoms with E-state index in [2.05, 4.69) is 9.72 Å². The number of aliphatic hydroxyl groups excluding tert-OH is 1. The number of nitrogens with zero attached hydrogens (tertiary/aromatic N) is 2. The van der Waals surface area contributed by atoms with Crippen molar-refractivity contribution in [1.29, 1.82) is 5.26 Å². The van der Waals surface area contributed by atoms with Gasteiger partial charge in [0.05, 0.1) is 12.8 Å². The Balaban J connectivity index is 3.26. The molecule has 0 fully saturated rings. The minimum absolute atomic E-state index is 0.263. The molecule has 86 valence electrons. The summed E-state index contributed by atoms with van der Waals surface area (Å²) in [5, 5.41) is 17.5. The molecule has 0 aliphatic heterocycles. The van der Waals surface area contributed by atoms with Crippen LogP contribution in [0.15, 0.2) is 6.20 Å². The van der Waals surface area contributed by atoms with Gasteiger partial charge in [0.2, 0.25) is 0 Å². The molecule has 0 aliphatic rings. The van der Waals surface area contributed by atoms with Crippen LogP contribution < -0.4 is 10.5 Å². The first kappa shape index (κ1) is 12.1. The fourth-order valence-electron chi connectivity index (χ4n) is 1.04. The second-order valence-electron chi connectivity index (χ2n) is 2.68. The fraction of sp³-hybridized carbons (Fsp3) is 0.250. The van der Waals surface area contributed by atoms with Gasteiger partial charge in [0, 0.05) is 5.56 Å². The number of anilines is 1. The number of rotatable bonds is 2. The van der Waals surface area contributed by atoms with Crippen molar-refractivity contribution in [3.8, 4) is 11.8 Å². The standard InChI is InChI=1S/C8H6F3N3O2/c9-8(10,11)16-6-2-14-7(13)4(1-12)5(6)3-15/h2,15H,3H2,(H2,13,14). The molecule has 0 saturated carbocycles. The maximum atomic E-state index is 11.9. The quantitative estimate of drug-likeness (QED) is 0.792. The second kappa shape index (κ2) is 4.24. The summed E-state index contributed by atoms with van der Waals surface area (Å²) in [7, 11) is 0. The molecule has 5 nitrogen and oxygen atoms in total. The molecule has 0 aliphatic carbocycles. The highest BCUT2D eigenvalue weighted by Crippen LogP contribution is 2.29. The zero-order valence-electron chi connectivity index (χ0n) is 7.75. The van der Waals surface area contributed by atoms with Crippen molar-refractivity contribution >= 4 is 5.82 Å². The van der Waals surface area contributed by atoms with E-state index in [1.807, 2.05) is 0 Å². The summed E-state index contributed by atoms with van der Waals surface area (Å²) in [4.78, 5) is 3.36. The lowest BCUT2D eigenvalue weighted by atomic mass is 10.1. The van der Waals surface area contributed by atoms with Crippen molar-refractivity contribution in [3.05, 3.63) is 17.3 Å². The van der Waals surface area contributed by atoms with E-state index in [1.165, 1.54) is 0 Å². The van der Waals surface area contributed by atoms with Crippen LogP contribution in [0.2, 0.25) is 0 Å². The molecule has 0 spiro atoms. The van der Waals surface area contributed by atoms with Crippen molar-refractivity contribution in [2.24, 2.45) is 0 Å². The monoisotopic (exact) mass is 233 g/mol. The van der Waals surface area contributed by atoms with E-state index < -0.39 is 18.7 Å². The van der Waals surface area contributed by atoms with Gasteiger partial charge in [0.15, 0.2) is 5.75 Å². The summed E-state index contributed by atoms with van der Waals surface area (Å²) in [5.41, 5.74) is 4.59. The number of hydrogen-bond donors (Lipinski definition) is 2. The number of nitriles is 1. The Morgan fingerprint density at radius 1 is 1.56 bits per heavy atom. The van der Waals surface area contributed by atoms with Gasteiger partial charge < -0.3 is 15.6 Å². The number of halogens is 3. The lowest BCUT2D eigenvalue weighted by Gasteiger charge is -2.13. The van der Waals surface area contributed by atoms with Crippen LogP contribution >= 0.6 is 0 Å². The number of ether oxygens (including phenoxy) is 1. The first-order valence-electron chi connectivity index (χ1n) is 3.93. The van der Waals surface area contributed by atoms with Crippen LogP contribution in [0, 0.1) is 11.3 Å². The van der Waals surface area contributed by atoms with Gasteiger partial charge in [-0.3, -0.25) is 0 Å². The molecule has 1 aromatic rings. The number of alkyl halides is 3. The van der Waals surface area contributed by atoms with Crippen molar-refractivity contribution in [2.75, 3.05) is 5.73 Å². The highest BCUT2D eigenvalue weighted by molar-refractivity contribution is 5.57. The Morgan fingerprint density at radius 3 is 2.62 bits per heavy atom. The highest BCUT2D eigenvalue weighted by Gasteiger charge is 2.33. The molecule has 0 unspecified atom stereocenters. The summed E-state index contributed by atoms with van der Waals surface area (Å²) in [6.07, 6.45) is -4.22. The van der Waals surface area contributed by atoms with Crippen LogP contribution in [0.1, 0.15) is 11.1 Å². The zero-order valence-corrected chi connectivity index (χ0v) is 7.75. The summed E-state index contributed by atoms with van der Waals surface area (Å²) < 4.78 is 39.4. The molecule has 8 heteroatoms. The highest BCUT2D eigenvalue weighted by atomic mass is 19.4. The van der Waals surface area contributed by atoms with Gasteiger partial charge in [-0.05, 0) is 0 Å². The number of nitrogen functional groups attached to an aromatic ring is 1. The molecule has 1 rings (SSSR count). The average molecular weight is 233 g/mol. The van der Waals surface area contributed by atoms with Gasteiger partial charge in [-0.1, -0.05) is 0 Å². The molecule has 3 N–H and O–H groups in total. The van der Waals surface area contributed by atoms with Crippen LogP contribution in [-0.4, -0.2) is 16.5 Å².